The predicted molar refractivity (Wildman–Crippen MR) is 145 cm³/mol. The Hall–Kier alpha value is -2.88. The minimum atomic E-state index is -0.979. The van der Waals surface area contributed by atoms with E-state index in [0.29, 0.717) is 25.0 Å². The fraction of sp³-hybridized carbons (Fsp3) is 0.593. The van der Waals surface area contributed by atoms with E-state index in [1.54, 1.807) is 0 Å². The first-order chi connectivity index (χ1) is 17.6. The lowest BCUT2D eigenvalue weighted by atomic mass is 10.00. The molecular formula is C27H40N4O5S. The summed E-state index contributed by atoms with van der Waals surface area (Å²) in [5.74, 6) is -1.87. The molecule has 0 saturated heterocycles. The van der Waals surface area contributed by atoms with E-state index in [2.05, 4.69) is 21.3 Å². The summed E-state index contributed by atoms with van der Waals surface area (Å²) in [4.78, 5) is 63.6. The Balaban J connectivity index is 2.15. The van der Waals surface area contributed by atoms with Crippen LogP contribution in [-0.4, -0.2) is 65.6 Å². The fourth-order valence-electron chi connectivity index (χ4n) is 3.76. The third-order valence-electron chi connectivity index (χ3n) is 6.02. The monoisotopic (exact) mass is 532 g/mol. The van der Waals surface area contributed by atoms with Gasteiger partial charge in [-0.05, 0) is 55.6 Å². The first kappa shape index (κ1) is 30.3. The number of rotatable bonds is 16. The molecule has 1 aliphatic carbocycles. The highest BCUT2D eigenvalue weighted by Gasteiger charge is 2.33. The highest BCUT2D eigenvalue weighted by Crippen LogP contribution is 2.18. The molecule has 1 aromatic rings. The Morgan fingerprint density at radius 1 is 0.865 bits per heavy atom. The van der Waals surface area contributed by atoms with Gasteiger partial charge in [-0.1, -0.05) is 44.2 Å². The molecule has 4 N–H and O–H groups in total. The van der Waals surface area contributed by atoms with Crippen molar-refractivity contribution in [2.45, 2.75) is 83.5 Å². The molecule has 1 fully saturated rings. The number of hydrogen-bond donors (Lipinski definition) is 4. The van der Waals surface area contributed by atoms with Gasteiger partial charge in [0.2, 0.25) is 23.5 Å². The predicted octanol–water partition coefficient (Wildman–Crippen LogP) is 1.74. The maximum Gasteiger partial charge on any atom is 0.289 e. The number of benzene rings is 1. The van der Waals surface area contributed by atoms with Gasteiger partial charge < -0.3 is 21.3 Å². The smallest absolute Gasteiger partial charge is 0.289 e. The van der Waals surface area contributed by atoms with E-state index in [1.807, 2.05) is 50.4 Å². The Kier molecular flexibility index (Phi) is 12.6. The van der Waals surface area contributed by atoms with Crippen LogP contribution in [0.25, 0.3) is 0 Å². The molecule has 4 amide bonds. The van der Waals surface area contributed by atoms with Crippen molar-refractivity contribution in [1.82, 2.24) is 21.3 Å². The molecule has 1 saturated carbocycles. The van der Waals surface area contributed by atoms with E-state index in [9.17, 15) is 24.0 Å². The van der Waals surface area contributed by atoms with Gasteiger partial charge in [0.05, 0.1) is 6.04 Å². The van der Waals surface area contributed by atoms with Crippen LogP contribution in [-0.2, 0) is 30.4 Å². The average molecular weight is 533 g/mol. The normalized spacial score (nSPS) is 15.3. The fourth-order valence-corrected chi connectivity index (χ4v) is 4.24. The number of amides is 4. The second-order valence-electron chi connectivity index (χ2n) is 9.93. The Labute approximate surface area is 223 Å². The Morgan fingerprint density at radius 2 is 1.49 bits per heavy atom. The van der Waals surface area contributed by atoms with Crippen LogP contribution in [0.1, 0.15) is 58.4 Å². The van der Waals surface area contributed by atoms with Crippen molar-refractivity contribution >= 4 is 41.2 Å². The van der Waals surface area contributed by atoms with Crippen molar-refractivity contribution in [2.24, 2.45) is 5.92 Å². The molecule has 0 radical (unpaired) electrons. The number of carbonyl (C=O) groups excluding carboxylic acids is 5. The summed E-state index contributed by atoms with van der Waals surface area (Å²) in [5, 5.41) is 10.9. The SMILES string of the molecule is CSCC[C@H](NC(=O)[C@H](CCC(C)C)NC(=O)[C@H](Cc1ccccc1)NC(C)=O)C(=O)C(=O)NC1CC1. The van der Waals surface area contributed by atoms with Crippen LogP contribution in [0.5, 0.6) is 0 Å². The second-order valence-corrected chi connectivity index (χ2v) is 10.9. The second kappa shape index (κ2) is 15.4. The van der Waals surface area contributed by atoms with Gasteiger partial charge in [0.25, 0.3) is 5.91 Å². The topological polar surface area (TPSA) is 133 Å². The number of carbonyl (C=O) groups is 5. The van der Waals surface area contributed by atoms with Crippen molar-refractivity contribution in [1.29, 1.82) is 0 Å². The molecule has 0 heterocycles. The van der Waals surface area contributed by atoms with Crippen LogP contribution in [0, 0.1) is 5.92 Å². The molecule has 2 rings (SSSR count). The quantitative estimate of drug-likeness (QED) is 0.240. The van der Waals surface area contributed by atoms with Gasteiger partial charge in [0.15, 0.2) is 0 Å². The summed E-state index contributed by atoms with van der Waals surface area (Å²) in [6.07, 6.45) is 5.16. The first-order valence-electron chi connectivity index (χ1n) is 12.9. The summed E-state index contributed by atoms with van der Waals surface area (Å²) in [6, 6.07) is 6.55. The summed E-state index contributed by atoms with van der Waals surface area (Å²) < 4.78 is 0. The van der Waals surface area contributed by atoms with Crippen LogP contribution in [0.3, 0.4) is 0 Å². The van der Waals surface area contributed by atoms with E-state index < -0.39 is 41.6 Å². The molecule has 37 heavy (non-hydrogen) atoms. The molecular weight excluding hydrogens is 492 g/mol. The lowest BCUT2D eigenvalue weighted by Gasteiger charge is -2.25. The molecule has 10 heteroatoms. The number of Topliss-reactive ketones (excluding diaryl/α,β-unsaturated/α-hetero) is 1. The van der Waals surface area contributed by atoms with Crippen LogP contribution >= 0.6 is 11.8 Å². The van der Waals surface area contributed by atoms with Crippen LogP contribution in [0.15, 0.2) is 30.3 Å². The van der Waals surface area contributed by atoms with Crippen molar-refractivity contribution in [3.8, 4) is 0 Å². The molecule has 1 aliphatic rings. The van der Waals surface area contributed by atoms with Gasteiger partial charge in [-0.3, -0.25) is 24.0 Å². The molecule has 0 aliphatic heterocycles. The zero-order valence-electron chi connectivity index (χ0n) is 22.2. The van der Waals surface area contributed by atoms with Crippen LogP contribution < -0.4 is 21.3 Å². The first-order valence-corrected chi connectivity index (χ1v) is 14.3. The van der Waals surface area contributed by atoms with Crippen molar-refractivity contribution < 1.29 is 24.0 Å². The molecule has 1 aromatic carbocycles. The molecule has 3 atom stereocenters. The summed E-state index contributed by atoms with van der Waals surface area (Å²) >= 11 is 1.51. The van der Waals surface area contributed by atoms with E-state index in [1.165, 1.54) is 18.7 Å². The molecule has 204 valence electrons. The number of nitrogens with one attached hydrogen (secondary N) is 4. The molecule has 9 nitrogen and oxygen atoms in total. The zero-order valence-corrected chi connectivity index (χ0v) is 23.0. The minimum absolute atomic E-state index is 0.0294. The van der Waals surface area contributed by atoms with Crippen molar-refractivity contribution in [3.05, 3.63) is 35.9 Å². The van der Waals surface area contributed by atoms with Gasteiger partial charge in [-0.25, -0.2) is 0 Å². The zero-order chi connectivity index (χ0) is 27.4. The van der Waals surface area contributed by atoms with Gasteiger partial charge in [-0.2, -0.15) is 11.8 Å². The Morgan fingerprint density at radius 3 is 2.05 bits per heavy atom. The average Bonchev–Trinajstić information content (AvgIpc) is 3.67. The van der Waals surface area contributed by atoms with Crippen LogP contribution in [0.4, 0.5) is 0 Å². The summed E-state index contributed by atoms with van der Waals surface area (Å²) in [6.45, 7) is 5.36. The highest BCUT2D eigenvalue weighted by atomic mass is 32.2. The largest absolute Gasteiger partial charge is 0.347 e. The van der Waals surface area contributed by atoms with E-state index in [0.717, 1.165) is 18.4 Å². The van der Waals surface area contributed by atoms with Gasteiger partial charge in [0, 0.05) is 19.4 Å². The van der Waals surface area contributed by atoms with Gasteiger partial charge in [0.1, 0.15) is 12.1 Å². The standard InChI is InChI=1S/C27H40N4O5S/c1-17(2)10-13-22(31-26(35)23(28-18(3)32)16-19-8-6-5-7-9-19)25(34)30-21(14-15-37-4)24(33)27(36)29-20-11-12-20/h5-9,17,20-23H,10-16H2,1-4H3,(H,28,32)(H,29,36)(H,30,34)(H,31,35)/t21-,22-,23-/m0/s1. The maximum absolute atomic E-state index is 13.3. The van der Waals surface area contributed by atoms with Gasteiger partial charge in [-0.15, -0.1) is 0 Å². The van der Waals surface area contributed by atoms with E-state index in [-0.39, 0.29) is 24.3 Å². The molecule has 0 aromatic heterocycles. The highest BCUT2D eigenvalue weighted by molar-refractivity contribution is 7.98. The third-order valence-corrected chi connectivity index (χ3v) is 6.67. The molecule has 0 spiro atoms. The molecule has 0 bridgehead atoms. The number of hydrogen-bond acceptors (Lipinski definition) is 6. The van der Waals surface area contributed by atoms with E-state index >= 15 is 0 Å². The lowest BCUT2D eigenvalue weighted by Crippen LogP contribution is -2.57. The summed E-state index contributed by atoms with van der Waals surface area (Å²) in [7, 11) is 0. The summed E-state index contributed by atoms with van der Waals surface area (Å²) in [5.41, 5.74) is 0.865. The van der Waals surface area contributed by atoms with E-state index in [4.69, 9.17) is 0 Å². The lowest BCUT2D eigenvalue weighted by molar-refractivity contribution is -0.140. The van der Waals surface area contributed by atoms with Gasteiger partial charge >= 0.3 is 0 Å². The third kappa shape index (κ3) is 11.4. The van der Waals surface area contributed by atoms with Crippen molar-refractivity contribution in [3.63, 3.8) is 0 Å². The number of thioether (sulfide) groups is 1. The molecule has 0 unspecified atom stereocenters. The Bertz CT molecular complexity index is 936. The number of ketones is 1. The maximum atomic E-state index is 13.3. The minimum Gasteiger partial charge on any atom is -0.347 e. The van der Waals surface area contributed by atoms with Crippen LogP contribution in [0.2, 0.25) is 0 Å². The van der Waals surface area contributed by atoms with Crippen molar-refractivity contribution in [2.75, 3.05) is 12.0 Å².